The molecule has 2 aromatic heterocycles. The number of benzene rings is 1. The summed E-state index contributed by atoms with van der Waals surface area (Å²) in [6.07, 6.45) is 0.730. The maximum Gasteiger partial charge on any atom is 0.227 e. The molecule has 0 aliphatic rings. The molecule has 3 rings (SSSR count). The van der Waals surface area contributed by atoms with E-state index < -0.39 is 0 Å². The first-order chi connectivity index (χ1) is 11.1. The number of amides is 1. The molecule has 23 heavy (non-hydrogen) atoms. The summed E-state index contributed by atoms with van der Waals surface area (Å²) in [6, 6.07) is 9.74. The van der Waals surface area contributed by atoms with Crippen molar-refractivity contribution >= 4 is 22.9 Å². The monoisotopic (exact) mass is 327 g/mol. The Balaban J connectivity index is 1.55. The Bertz CT molecular complexity index is 809. The standard InChI is InChI=1S/C17H17N3O2S/c1-11-5-6-13(10-12(11)2)18-15(21)7-8-16-19-17(20-22-16)14-4-3-9-23-14/h3-6,9-10H,7-8H2,1-2H3,(H,18,21). The van der Waals surface area contributed by atoms with Crippen LogP contribution in [0.3, 0.4) is 0 Å². The van der Waals surface area contributed by atoms with E-state index in [1.54, 1.807) is 11.3 Å². The average molecular weight is 327 g/mol. The first-order valence-electron chi connectivity index (χ1n) is 7.35. The summed E-state index contributed by atoms with van der Waals surface area (Å²) < 4.78 is 5.19. The molecule has 0 atom stereocenters. The molecule has 1 aromatic carbocycles. The van der Waals surface area contributed by atoms with Crippen LogP contribution in [0.5, 0.6) is 0 Å². The van der Waals surface area contributed by atoms with Crippen LogP contribution in [0.25, 0.3) is 10.7 Å². The van der Waals surface area contributed by atoms with E-state index in [0.29, 0.717) is 24.6 Å². The van der Waals surface area contributed by atoms with Crippen molar-refractivity contribution in [2.24, 2.45) is 0 Å². The molecule has 3 aromatic rings. The molecular formula is C17H17N3O2S. The predicted molar refractivity (Wildman–Crippen MR) is 90.5 cm³/mol. The van der Waals surface area contributed by atoms with Crippen LogP contribution < -0.4 is 5.32 Å². The van der Waals surface area contributed by atoms with Gasteiger partial charge in [-0.15, -0.1) is 11.3 Å². The van der Waals surface area contributed by atoms with Crippen LogP contribution >= 0.6 is 11.3 Å². The first kappa shape index (κ1) is 15.4. The molecule has 0 bridgehead atoms. The fourth-order valence-corrected chi connectivity index (χ4v) is 2.77. The molecule has 0 aliphatic carbocycles. The molecular weight excluding hydrogens is 310 g/mol. The Hall–Kier alpha value is -2.47. The lowest BCUT2D eigenvalue weighted by Gasteiger charge is -2.06. The summed E-state index contributed by atoms with van der Waals surface area (Å²) >= 11 is 1.55. The number of anilines is 1. The minimum Gasteiger partial charge on any atom is -0.339 e. The summed E-state index contributed by atoms with van der Waals surface area (Å²) in [6.45, 7) is 4.07. The highest BCUT2D eigenvalue weighted by Crippen LogP contribution is 2.21. The lowest BCUT2D eigenvalue weighted by molar-refractivity contribution is -0.116. The van der Waals surface area contributed by atoms with E-state index in [0.717, 1.165) is 16.1 Å². The second kappa shape index (κ2) is 6.75. The van der Waals surface area contributed by atoms with Crippen molar-refractivity contribution in [3.8, 4) is 10.7 Å². The minimum absolute atomic E-state index is 0.0656. The third-order valence-corrected chi connectivity index (χ3v) is 4.43. The quantitative estimate of drug-likeness (QED) is 0.769. The molecule has 118 valence electrons. The van der Waals surface area contributed by atoms with Crippen LogP contribution in [0.2, 0.25) is 0 Å². The normalized spacial score (nSPS) is 10.7. The van der Waals surface area contributed by atoms with Gasteiger partial charge in [0, 0.05) is 18.5 Å². The highest BCUT2D eigenvalue weighted by molar-refractivity contribution is 7.13. The molecule has 1 amide bonds. The second-order valence-electron chi connectivity index (χ2n) is 5.34. The van der Waals surface area contributed by atoms with Gasteiger partial charge in [-0.25, -0.2) is 0 Å². The Morgan fingerprint density at radius 1 is 1.26 bits per heavy atom. The van der Waals surface area contributed by atoms with Gasteiger partial charge in [-0.1, -0.05) is 17.3 Å². The van der Waals surface area contributed by atoms with Gasteiger partial charge in [-0.2, -0.15) is 4.98 Å². The molecule has 0 unspecified atom stereocenters. The van der Waals surface area contributed by atoms with Gasteiger partial charge >= 0.3 is 0 Å². The smallest absolute Gasteiger partial charge is 0.227 e. The van der Waals surface area contributed by atoms with Crippen LogP contribution in [-0.4, -0.2) is 16.0 Å². The third kappa shape index (κ3) is 3.84. The number of hydrogen-bond donors (Lipinski definition) is 1. The van der Waals surface area contributed by atoms with E-state index in [-0.39, 0.29) is 5.91 Å². The maximum absolute atomic E-state index is 12.0. The number of rotatable bonds is 5. The van der Waals surface area contributed by atoms with Gasteiger partial charge in [-0.05, 0) is 48.6 Å². The summed E-state index contributed by atoms with van der Waals surface area (Å²) in [7, 11) is 0. The summed E-state index contributed by atoms with van der Waals surface area (Å²) in [5, 5.41) is 8.78. The van der Waals surface area contributed by atoms with E-state index in [4.69, 9.17) is 4.52 Å². The van der Waals surface area contributed by atoms with E-state index in [1.807, 2.05) is 49.6 Å². The van der Waals surface area contributed by atoms with Gasteiger partial charge in [-0.3, -0.25) is 4.79 Å². The molecule has 0 aliphatic heterocycles. The highest BCUT2D eigenvalue weighted by atomic mass is 32.1. The van der Waals surface area contributed by atoms with Gasteiger partial charge < -0.3 is 9.84 Å². The van der Waals surface area contributed by atoms with Crippen molar-refractivity contribution in [3.63, 3.8) is 0 Å². The topological polar surface area (TPSA) is 68.0 Å². The molecule has 6 heteroatoms. The Labute approximate surface area is 138 Å². The molecule has 1 N–H and O–H groups in total. The zero-order valence-electron chi connectivity index (χ0n) is 13.0. The van der Waals surface area contributed by atoms with Gasteiger partial charge in [0.05, 0.1) is 4.88 Å². The van der Waals surface area contributed by atoms with Gasteiger partial charge in [0.15, 0.2) is 0 Å². The Morgan fingerprint density at radius 3 is 2.87 bits per heavy atom. The Morgan fingerprint density at radius 2 is 2.13 bits per heavy atom. The van der Waals surface area contributed by atoms with Gasteiger partial charge in [0.1, 0.15) is 0 Å². The highest BCUT2D eigenvalue weighted by Gasteiger charge is 2.11. The number of aryl methyl sites for hydroxylation is 3. The average Bonchev–Trinajstić information content (AvgIpc) is 3.19. The van der Waals surface area contributed by atoms with Crippen LogP contribution in [0.1, 0.15) is 23.4 Å². The minimum atomic E-state index is -0.0656. The van der Waals surface area contributed by atoms with Crippen molar-refractivity contribution in [3.05, 3.63) is 52.7 Å². The van der Waals surface area contributed by atoms with Crippen molar-refractivity contribution < 1.29 is 9.32 Å². The number of nitrogens with one attached hydrogen (secondary N) is 1. The van der Waals surface area contributed by atoms with Crippen molar-refractivity contribution in [1.82, 2.24) is 10.1 Å². The fourth-order valence-electron chi connectivity index (χ4n) is 2.13. The van der Waals surface area contributed by atoms with Crippen LogP contribution in [0, 0.1) is 13.8 Å². The van der Waals surface area contributed by atoms with Gasteiger partial charge in [0.2, 0.25) is 17.6 Å². The van der Waals surface area contributed by atoms with Crippen LogP contribution in [0.15, 0.2) is 40.2 Å². The number of nitrogens with zero attached hydrogens (tertiary/aromatic N) is 2. The van der Waals surface area contributed by atoms with Crippen molar-refractivity contribution in [1.29, 1.82) is 0 Å². The van der Waals surface area contributed by atoms with E-state index in [1.165, 1.54) is 5.56 Å². The Kier molecular flexibility index (Phi) is 4.52. The zero-order valence-corrected chi connectivity index (χ0v) is 13.8. The van der Waals surface area contributed by atoms with E-state index in [2.05, 4.69) is 15.5 Å². The SMILES string of the molecule is Cc1ccc(NC(=O)CCc2nc(-c3cccs3)no2)cc1C. The lowest BCUT2D eigenvalue weighted by atomic mass is 10.1. The van der Waals surface area contributed by atoms with Crippen molar-refractivity contribution in [2.75, 3.05) is 5.32 Å². The number of carbonyl (C=O) groups excluding carboxylic acids is 1. The number of thiophene rings is 1. The maximum atomic E-state index is 12.0. The summed E-state index contributed by atoms with van der Waals surface area (Å²) in [5.74, 6) is 0.984. The van der Waals surface area contributed by atoms with Crippen LogP contribution in [0.4, 0.5) is 5.69 Å². The summed E-state index contributed by atoms with van der Waals surface area (Å²) in [5.41, 5.74) is 3.16. The largest absolute Gasteiger partial charge is 0.339 e. The third-order valence-electron chi connectivity index (χ3n) is 3.57. The molecule has 5 nitrogen and oxygen atoms in total. The van der Waals surface area contributed by atoms with E-state index in [9.17, 15) is 4.79 Å². The van der Waals surface area contributed by atoms with Crippen LogP contribution in [-0.2, 0) is 11.2 Å². The first-order valence-corrected chi connectivity index (χ1v) is 8.23. The number of carbonyl (C=O) groups is 1. The van der Waals surface area contributed by atoms with Gasteiger partial charge in [0.25, 0.3) is 0 Å². The molecule has 0 saturated carbocycles. The molecule has 0 saturated heterocycles. The summed E-state index contributed by atoms with van der Waals surface area (Å²) in [4.78, 5) is 17.3. The second-order valence-corrected chi connectivity index (χ2v) is 6.28. The lowest BCUT2D eigenvalue weighted by Crippen LogP contribution is -2.12. The number of hydrogen-bond acceptors (Lipinski definition) is 5. The number of aromatic nitrogens is 2. The molecule has 2 heterocycles. The predicted octanol–water partition coefficient (Wildman–Crippen LogP) is 3.99. The van der Waals surface area contributed by atoms with E-state index >= 15 is 0 Å². The van der Waals surface area contributed by atoms with Crippen molar-refractivity contribution in [2.45, 2.75) is 26.7 Å². The molecule has 0 radical (unpaired) electrons. The molecule has 0 fully saturated rings. The zero-order chi connectivity index (χ0) is 16.2. The molecule has 0 spiro atoms. The fraction of sp³-hybridized carbons (Fsp3) is 0.235.